The Morgan fingerprint density at radius 3 is 2.43 bits per heavy atom. The fraction of sp³-hybridized carbons (Fsp3) is 0.278. The summed E-state index contributed by atoms with van der Waals surface area (Å²) in [5, 5.41) is 5.28. The number of rotatable bonds is 8. The Bertz CT molecular complexity index is 1020. The van der Waals surface area contributed by atoms with Gasteiger partial charge in [0.1, 0.15) is 4.90 Å². The summed E-state index contributed by atoms with van der Waals surface area (Å²) in [5.74, 6) is 1.37. The molecular formula is C18H19ClN4O3S2. The molecule has 0 radical (unpaired) electrons. The molecule has 0 bridgehead atoms. The van der Waals surface area contributed by atoms with Crippen LogP contribution in [0.15, 0.2) is 57.0 Å². The highest BCUT2D eigenvalue weighted by Gasteiger charge is 2.21. The van der Waals surface area contributed by atoms with Gasteiger partial charge in [0.2, 0.25) is 21.7 Å². The molecule has 0 aliphatic rings. The predicted molar refractivity (Wildman–Crippen MR) is 109 cm³/mol. The van der Waals surface area contributed by atoms with Crippen LogP contribution in [0.25, 0.3) is 11.4 Å². The molecule has 0 spiro atoms. The van der Waals surface area contributed by atoms with E-state index in [1.54, 1.807) is 38.1 Å². The summed E-state index contributed by atoms with van der Waals surface area (Å²) in [4.78, 5) is 8.78. The lowest BCUT2D eigenvalue weighted by molar-refractivity contribution is 0.391. The van der Waals surface area contributed by atoms with E-state index >= 15 is 0 Å². The summed E-state index contributed by atoms with van der Waals surface area (Å²) in [5.41, 5.74) is 0.813. The first-order valence-corrected chi connectivity index (χ1v) is 11.4. The number of benzene rings is 1. The van der Waals surface area contributed by atoms with E-state index in [1.165, 1.54) is 22.3 Å². The van der Waals surface area contributed by atoms with Gasteiger partial charge in [-0.1, -0.05) is 42.4 Å². The minimum Gasteiger partial charge on any atom is -0.338 e. The minimum atomic E-state index is -3.50. The maximum Gasteiger partial charge on any atom is 0.244 e. The molecule has 0 amide bonds. The van der Waals surface area contributed by atoms with Crippen LogP contribution in [0.3, 0.4) is 0 Å². The van der Waals surface area contributed by atoms with E-state index in [2.05, 4.69) is 15.1 Å². The third kappa shape index (κ3) is 4.72. The Labute approximate surface area is 173 Å². The van der Waals surface area contributed by atoms with E-state index in [1.807, 2.05) is 12.1 Å². The van der Waals surface area contributed by atoms with Crippen molar-refractivity contribution in [3.63, 3.8) is 0 Å². The lowest BCUT2D eigenvalue weighted by atomic mass is 10.2. The fourth-order valence-corrected chi connectivity index (χ4v) is 4.69. The van der Waals surface area contributed by atoms with Crippen molar-refractivity contribution in [1.82, 2.24) is 19.4 Å². The average Bonchev–Trinajstić information content (AvgIpc) is 3.17. The normalized spacial score (nSPS) is 11.9. The van der Waals surface area contributed by atoms with E-state index < -0.39 is 10.0 Å². The molecule has 0 saturated carbocycles. The van der Waals surface area contributed by atoms with Gasteiger partial charge in [-0.15, -0.1) is 0 Å². The average molecular weight is 439 g/mol. The third-order valence-electron chi connectivity index (χ3n) is 3.97. The number of sulfonamides is 1. The summed E-state index contributed by atoms with van der Waals surface area (Å²) in [6.45, 7) is 4.45. The van der Waals surface area contributed by atoms with Crippen molar-refractivity contribution in [1.29, 1.82) is 0 Å². The van der Waals surface area contributed by atoms with Crippen LogP contribution >= 0.6 is 23.4 Å². The number of nitrogens with zero attached hydrogens (tertiary/aromatic N) is 4. The highest BCUT2D eigenvalue weighted by atomic mass is 35.5. The van der Waals surface area contributed by atoms with Crippen LogP contribution in [0.5, 0.6) is 0 Å². The van der Waals surface area contributed by atoms with Gasteiger partial charge in [-0.2, -0.15) is 9.29 Å². The molecule has 3 rings (SSSR count). The second-order valence-corrected chi connectivity index (χ2v) is 9.10. The van der Waals surface area contributed by atoms with Crippen molar-refractivity contribution in [2.24, 2.45) is 0 Å². The van der Waals surface area contributed by atoms with E-state index in [-0.39, 0.29) is 4.90 Å². The first kappa shape index (κ1) is 20.8. The summed E-state index contributed by atoms with van der Waals surface area (Å²) in [7, 11) is -3.50. The van der Waals surface area contributed by atoms with Gasteiger partial charge < -0.3 is 4.52 Å². The highest BCUT2D eigenvalue weighted by Crippen LogP contribution is 2.24. The molecule has 3 aromatic rings. The summed E-state index contributed by atoms with van der Waals surface area (Å²) >= 11 is 7.27. The molecule has 148 valence electrons. The van der Waals surface area contributed by atoms with E-state index in [0.29, 0.717) is 40.6 Å². The standard InChI is InChI=1S/C18H19ClN4O3S2/c1-3-23(4-2)28(24,25)15-9-10-17(20-11-15)27-12-16-21-18(22-26-16)13-5-7-14(19)8-6-13/h5-11H,3-4,12H2,1-2H3. The van der Waals surface area contributed by atoms with Gasteiger partial charge in [0, 0.05) is 29.9 Å². The zero-order valence-corrected chi connectivity index (χ0v) is 17.8. The minimum absolute atomic E-state index is 0.184. The molecular weight excluding hydrogens is 420 g/mol. The van der Waals surface area contributed by atoms with Gasteiger partial charge in [-0.25, -0.2) is 13.4 Å². The van der Waals surface area contributed by atoms with Crippen LogP contribution in [0.2, 0.25) is 5.02 Å². The topological polar surface area (TPSA) is 89.2 Å². The van der Waals surface area contributed by atoms with Crippen LogP contribution in [0.4, 0.5) is 0 Å². The van der Waals surface area contributed by atoms with Gasteiger partial charge in [-0.3, -0.25) is 0 Å². The molecule has 28 heavy (non-hydrogen) atoms. The summed E-state index contributed by atoms with van der Waals surface area (Å²) in [6, 6.07) is 10.4. The van der Waals surface area contributed by atoms with Crippen molar-refractivity contribution in [2.75, 3.05) is 13.1 Å². The first-order valence-electron chi connectivity index (χ1n) is 8.61. The Kier molecular flexibility index (Phi) is 6.71. The zero-order valence-electron chi connectivity index (χ0n) is 15.4. The molecule has 2 aromatic heterocycles. The third-order valence-corrected chi connectivity index (χ3v) is 7.18. The molecule has 0 atom stereocenters. The number of hydrogen-bond donors (Lipinski definition) is 0. The first-order chi connectivity index (χ1) is 13.4. The molecule has 1 aromatic carbocycles. The molecule has 7 nitrogen and oxygen atoms in total. The largest absolute Gasteiger partial charge is 0.338 e. The lowest BCUT2D eigenvalue weighted by Crippen LogP contribution is -2.30. The van der Waals surface area contributed by atoms with Crippen molar-refractivity contribution < 1.29 is 12.9 Å². The van der Waals surface area contributed by atoms with E-state index in [4.69, 9.17) is 16.1 Å². The van der Waals surface area contributed by atoms with Crippen LogP contribution in [-0.2, 0) is 15.8 Å². The quantitative estimate of drug-likeness (QED) is 0.489. The zero-order chi connectivity index (χ0) is 20.1. The maximum atomic E-state index is 12.5. The SMILES string of the molecule is CCN(CC)S(=O)(=O)c1ccc(SCc2nc(-c3ccc(Cl)cc3)no2)nc1. The Morgan fingerprint density at radius 2 is 1.82 bits per heavy atom. The van der Waals surface area contributed by atoms with Gasteiger partial charge in [0.15, 0.2) is 0 Å². The fourth-order valence-electron chi connectivity index (χ4n) is 2.48. The van der Waals surface area contributed by atoms with Crippen LogP contribution < -0.4 is 0 Å². The monoisotopic (exact) mass is 438 g/mol. The number of hydrogen-bond acceptors (Lipinski definition) is 7. The van der Waals surface area contributed by atoms with Crippen molar-refractivity contribution in [3.8, 4) is 11.4 Å². The molecule has 0 fully saturated rings. The molecule has 0 N–H and O–H groups in total. The Hall–Kier alpha value is -1.94. The van der Waals surface area contributed by atoms with Gasteiger partial charge in [-0.05, 0) is 36.4 Å². The lowest BCUT2D eigenvalue weighted by Gasteiger charge is -2.18. The van der Waals surface area contributed by atoms with E-state index in [9.17, 15) is 8.42 Å². The van der Waals surface area contributed by atoms with Gasteiger partial charge in [0.25, 0.3) is 0 Å². The predicted octanol–water partition coefficient (Wildman–Crippen LogP) is 4.11. The molecule has 10 heteroatoms. The summed E-state index contributed by atoms with van der Waals surface area (Å²) < 4.78 is 31.6. The Balaban J connectivity index is 1.65. The summed E-state index contributed by atoms with van der Waals surface area (Å²) in [6.07, 6.45) is 1.38. The molecule has 2 heterocycles. The number of halogens is 1. The van der Waals surface area contributed by atoms with Crippen LogP contribution in [-0.4, -0.2) is 40.9 Å². The molecule has 0 aliphatic carbocycles. The van der Waals surface area contributed by atoms with E-state index in [0.717, 1.165) is 5.56 Å². The van der Waals surface area contributed by atoms with Crippen LogP contribution in [0.1, 0.15) is 19.7 Å². The highest BCUT2D eigenvalue weighted by molar-refractivity contribution is 7.98. The second kappa shape index (κ2) is 9.04. The smallest absolute Gasteiger partial charge is 0.244 e. The number of thioether (sulfide) groups is 1. The van der Waals surface area contributed by atoms with Gasteiger partial charge in [0.05, 0.1) is 10.8 Å². The molecule has 0 unspecified atom stereocenters. The molecule has 0 saturated heterocycles. The molecule has 0 aliphatic heterocycles. The Morgan fingerprint density at radius 1 is 1.11 bits per heavy atom. The number of pyridine rings is 1. The second-order valence-electron chi connectivity index (χ2n) is 5.73. The van der Waals surface area contributed by atoms with Crippen molar-refractivity contribution in [2.45, 2.75) is 29.5 Å². The van der Waals surface area contributed by atoms with Crippen LogP contribution in [0, 0.1) is 0 Å². The number of aromatic nitrogens is 3. The van der Waals surface area contributed by atoms with Crippen molar-refractivity contribution in [3.05, 3.63) is 53.5 Å². The maximum absolute atomic E-state index is 12.5. The van der Waals surface area contributed by atoms with Crippen molar-refractivity contribution >= 4 is 33.4 Å². The van der Waals surface area contributed by atoms with Gasteiger partial charge >= 0.3 is 0 Å².